The van der Waals surface area contributed by atoms with E-state index in [1.807, 2.05) is 124 Å². The van der Waals surface area contributed by atoms with Crippen molar-refractivity contribution in [2.45, 2.75) is 94.9 Å². The second kappa shape index (κ2) is 19.0. The normalized spacial score (nSPS) is 22.2. The van der Waals surface area contributed by atoms with Crippen LogP contribution in [0.3, 0.4) is 0 Å². The number of nitrogens with one attached hydrogen (secondary N) is 1. The monoisotopic (exact) mass is 888 g/mol. The van der Waals surface area contributed by atoms with Crippen LogP contribution in [0.25, 0.3) is 0 Å². The maximum absolute atomic E-state index is 15.4. The quantitative estimate of drug-likeness (QED) is 0.0584. The summed E-state index contributed by atoms with van der Waals surface area (Å²) >= 11 is 0. The fourth-order valence-electron chi connectivity index (χ4n) is 10.2. The van der Waals surface area contributed by atoms with Crippen LogP contribution in [-0.2, 0) is 39.4 Å². The minimum Gasteiger partial charge on any atom is -0.497 e. The number of aromatic nitrogens is 3. The molecule has 6 atom stereocenters. The van der Waals surface area contributed by atoms with E-state index >= 15 is 4.79 Å². The van der Waals surface area contributed by atoms with Gasteiger partial charge in [-0.3, -0.25) is 19.2 Å². The molecule has 2 unspecified atom stereocenters. The van der Waals surface area contributed by atoms with Crippen LogP contribution in [0.4, 0.5) is 17.1 Å². The highest BCUT2D eigenvalue weighted by molar-refractivity contribution is 6.71. The number of ether oxygens (including phenoxy) is 3. The maximum atomic E-state index is 15.4. The van der Waals surface area contributed by atoms with Crippen LogP contribution in [0.5, 0.6) is 11.5 Å². The molecule has 3 aliphatic heterocycles. The van der Waals surface area contributed by atoms with Crippen molar-refractivity contribution in [1.82, 2.24) is 20.3 Å². The smallest absolute Gasteiger partial charge is 0.264 e. The maximum Gasteiger partial charge on any atom is 0.264 e. The Morgan fingerprint density at radius 1 is 0.969 bits per heavy atom. The molecule has 2 amide bonds. The molecule has 8 rings (SSSR count). The average molecular weight is 889 g/mol. The first kappa shape index (κ1) is 45.2. The third kappa shape index (κ3) is 8.60. The van der Waals surface area contributed by atoms with Crippen molar-refractivity contribution in [3.05, 3.63) is 125 Å². The lowest BCUT2D eigenvalue weighted by atomic mass is 9.82. The Morgan fingerprint density at radius 3 is 2.48 bits per heavy atom. The highest BCUT2D eigenvalue weighted by Gasteiger charge is 2.66. The van der Waals surface area contributed by atoms with Crippen LogP contribution >= 0.6 is 0 Å². The molecule has 338 valence electrons. The molecular weight excluding hydrogens is 829 g/mol. The highest BCUT2D eigenvalue weighted by atomic mass is 28.4. The summed E-state index contributed by atoms with van der Waals surface area (Å²) in [6.07, 6.45) is 3.72. The number of unbranched alkanes of at least 4 members (excludes halogenated alkanes) is 1. The lowest BCUT2D eigenvalue weighted by Crippen LogP contribution is -2.49. The van der Waals surface area contributed by atoms with Gasteiger partial charge in [-0.05, 0) is 117 Å². The molecular formula is C49H60N6O8Si. The number of hydrogen-bond donors (Lipinski definition) is 4. The topological polar surface area (TPSA) is 172 Å². The first-order chi connectivity index (χ1) is 30.9. The van der Waals surface area contributed by atoms with E-state index in [0.717, 1.165) is 34.5 Å². The van der Waals surface area contributed by atoms with Gasteiger partial charge in [0.2, 0.25) is 5.91 Å². The lowest BCUT2D eigenvalue weighted by Gasteiger charge is -2.35. The molecule has 5 aromatic rings. The number of benzene rings is 4. The molecule has 0 aliphatic carbocycles. The summed E-state index contributed by atoms with van der Waals surface area (Å²) < 4.78 is 20.4. The van der Waals surface area contributed by atoms with Crippen molar-refractivity contribution in [3.63, 3.8) is 0 Å². The Labute approximate surface area is 375 Å². The predicted octanol–water partition coefficient (Wildman–Crippen LogP) is 6.20. The van der Waals surface area contributed by atoms with Crippen LogP contribution in [0.2, 0.25) is 18.6 Å². The van der Waals surface area contributed by atoms with Crippen LogP contribution in [0.15, 0.2) is 97.2 Å². The number of methoxy groups -OCH3 is 1. The van der Waals surface area contributed by atoms with E-state index in [4.69, 9.17) is 14.2 Å². The van der Waals surface area contributed by atoms with Gasteiger partial charge in [-0.15, -0.1) is 5.10 Å². The van der Waals surface area contributed by atoms with Crippen molar-refractivity contribution >= 4 is 37.2 Å². The molecule has 64 heavy (non-hydrogen) atoms. The van der Waals surface area contributed by atoms with Crippen molar-refractivity contribution in [2.75, 3.05) is 43.3 Å². The van der Waals surface area contributed by atoms with Gasteiger partial charge >= 0.3 is 0 Å². The van der Waals surface area contributed by atoms with Gasteiger partial charge in [-0.1, -0.05) is 54.6 Å². The molecule has 3 aliphatic rings. The Hall–Kier alpha value is -5.42. The number of aryl methyl sites for hydroxylation is 1. The number of amides is 2. The summed E-state index contributed by atoms with van der Waals surface area (Å²) in [6.45, 7) is 9.50. The highest BCUT2D eigenvalue weighted by Crippen LogP contribution is 2.60. The molecule has 1 spiro atoms. The number of aliphatic hydroxyl groups excluding tert-OH is 2. The third-order valence-corrected chi connectivity index (χ3v) is 15.7. The summed E-state index contributed by atoms with van der Waals surface area (Å²) in [5, 5.41) is 31.9. The van der Waals surface area contributed by atoms with Gasteiger partial charge in [0, 0.05) is 42.1 Å². The van der Waals surface area contributed by atoms with Gasteiger partial charge in [-0.2, -0.15) is 0 Å². The number of carbonyl (C=O) groups is 2. The fourth-order valence-corrected chi connectivity index (χ4v) is 12.8. The molecule has 4 heterocycles. The predicted molar refractivity (Wildman–Crippen MR) is 246 cm³/mol. The minimum absolute atomic E-state index is 0.0842. The zero-order valence-corrected chi connectivity index (χ0v) is 38.3. The molecule has 1 fully saturated rings. The van der Waals surface area contributed by atoms with E-state index in [1.165, 1.54) is 0 Å². The van der Waals surface area contributed by atoms with Crippen LogP contribution in [-0.4, -0.2) is 95.8 Å². The Morgan fingerprint density at radius 2 is 1.75 bits per heavy atom. The van der Waals surface area contributed by atoms with Crippen LogP contribution in [0.1, 0.15) is 67.0 Å². The number of rotatable bonds is 18. The SMILES string of the molecule is CCOc1ccc2c(c1)CC(NCCCCO)C(=O)N2c1cccc(CN2C(=O)[C@@]3(O[C@@H](CCn4cc(C(CO)c5ccccc5)nn4)[C@H]([Si](C)(C)O)[C@H]3C)c3cc(OC)ccc32)c1. The standard InChI is InChI=1S/C49H60N6O8Si/c1-6-62-38-18-19-43-35(26-38)27-41(50-22-10-11-24-56)47(58)55(43)36-16-12-13-33(25-36)29-54-44-20-17-37(61-3)28-40(44)49(48(54)59)32(2)46(64(4,5)60)45(63-49)21-23-53-30-42(51-52-53)39(31-57)34-14-8-7-9-15-34/h7-9,12-20,25-26,28,30,32,39,41,45-46,50,56-57,60H,6,10-11,21-24,27,29,31H2,1-5H3/t32-,39?,41?,45+,46-,49+/m1/s1. The summed E-state index contributed by atoms with van der Waals surface area (Å²) in [7, 11) is -1.37. The Balaban J connectivity index is 1.09. The molecule has 4 aromatic carbocycles. The van der Waals surface area contributed by atoms with Gasteiger partial charge in [0.05, 0.1) is 62.0 Å². The summed E-state index contributed by atoms with van der Waals surface area (Å²) in [5.74, 6) is 0.312. The minimum atomic E-state index is -2.97. The number of fused-ring (bicyclic) bond motifs is 3. The second-order valence-electron chi connectivity index (χ2n) is 17.7. The summed E-state index contributed by atoms with van der Waals surface area (Å²) in [5.41, 5.74) is 4.53. The molecule has 14 nitrogen and oxygen atoms in total. The number of carbonyl (C=O) groups excluding carboxylic acids is 2. The van der Waals surface area contributed by atoms with E-state index in [2.05, 4.69) is 15.6 Å². The van der Waals surface area contributed by atoms with Crippen molar-refractivity contribution in [1.29, 1.82) is 0 Å². The molecule has 0 bridgehead atoms. The van der Waals surface area contributed by atoms with Crippen LogP contribution in [0, 0.1) is 5.92 Å². The second-order valence-corrected chi connectivity index (χ2v) is 21.7. The summed E-state index contributed by atoms with van der Waals surface area (Å²) in [4.78, 5) is 45.2. The van der Waals surface area contributed by atoms with Gasteiger partial charge < -0.3 is 39.4 Å². The Bertz CT molecular complexity index is 2440. The van der Waals surface area contributed by atoms with Crippen molar-refractivity contribution in [2.24, 2.45) is 5.92 Å². The van der Waals surface area contributed by atoms with E-state index in [0.29, 0.717) is 67.3 Å². The molecule has 15 heteroatoms. The number of aliphatic hydroxyl groups is 2. The van der Waals surface area contributed by atoms with Crippen molar-refractivity contribution in [3.8, 4) is 11.5 Å². The first-order valence-electron chi connectivity index (χ1n) is 22.4. The number of hydrogen-bond acceptors (Lipinski definition) is 11. The zero-order valence-electron chi connectivity index (χ0n) is 37.3. The molecule has 4 N–H and O–H groups in total. The van der Waals surface area contributed by atoms with E-state index in [-0.39, 0.29) is 43.0 Å². The average Bonchev–Trinajstić information content (AvgIpc) is 3.95. The third-order valence-electron chi connectivity index (χ3n) is 13.2. The van der Waals surface area contributed by atoms with Gasteiger partial charge in [0.15, 0.2) is 13.9 Å². The first-order valence-corrected chi connectivity index (χ1v) is 25.4. The summed E-state index contributed by atoms with van der Waals surface area (Å²) in [6, 6.07) is 28.4. The van der Waals surface area contributed by atoms with E-state index in [1.54, 1.807) is 21.6 Å². The number of anilines is 3. The Kier molecular flexibility index (Phi) is 13.4. The van der Waals surface area contributed by atoms with Crippen molar-refractivity contribution < 1.29 is 38.8 Å². The lowest BCUT2D eigenvalue weighted by molar-refractivity contribution is -0.146. The molecule has 0 radical (unpaired) electrons. The van der Waals surface area contributed by atoms with Gasteiger partial charge in [0.1, 0.15) is 11.5 Å². The van der Waals surface area contributed by atoms with Gasteiger partial charge in [0.25, 0.3) is 5.91 Å². The van der Waals surface area contributed by atoms with E-state index in [9.17, 15) is 19.8 Å². The zero-order chi connectivity index (χ0) is 45.2. The molecule has 1 aromatic heterocycles. The van der Waals surface area contributed by atoms with Gasteiger partial charge in [-0.25, -0.2) is 0 Å². The number of nitrogens with zero attached hydrogens (tertiary/aromatic N) is 5. The largest absolute Gasteiger partial charge is 0.497 e. The molecule has 1 saturated heterocycles. The van der Waals surface area contributed by atoms with E-state index < -0.39 is 32.0 Å². The fraction of sp³-hybridized carbons (Fsp3) is 0.429. The van der Waals surface area contributed by atoms with Crippen LogP contribution < -0.4 is 24.6 Å². The molecule has 0 saturated carbocycles.